The molecule has 0 aliphatic rings. The van der Waals surface area contributed by atoms with Crippen molar-refractivity contribution in [1.29, 1.82) is 0 Å². The Bertz CT molecular complexity index is 960. The summed E-state index contributed by atoms with van der Waals surface area (Å²) >= 11 is 0. The monoisotopic (exact) mass is 334 g/mol. The fourth-order valence-corrected chi connectivity index (χ4v) is 3.16. The lowest BCUT2D eigenvalue weighted by Crippen LogP contribution is -2.18. The normalized spacial score (nSPS) is 11.3. The van der Waals surface area contributed by atoms with Crippen molar-refractivity contribution in [2.75, 3.05) is 0 Å². The average molecular weight is 334 g/mol. The molecule has 0 aliphatic heterocycles. The van der Waals surface area contributed by atoms with Crippen LogP contribution in [0.2, 0.25) is 0 Å². The Labute approximate surface area is 149 Å². The van der Waals surface area contributed by atoms with Crippen LogP contribution >= 0.6 is 0 Å². The van der Waals surface area contributed by atoms with Crippen LogP contribution in [0.15, 0.2) is 47.3 Å². The summed E-state index contributed by atoms with van der Waals surface area (Å²) < 4.78 is 1.68. The van der Waals surface area contributed by atoms with Gasteiger partial charge in [-0.15, -0.1) is 0 Å². The largest absolute Gasteiger partial charge is 0.290 e. The number of nitrogens with zero attached hydrogens (tertiary/aromatic N) is 1. The zero-order valence-corrected chi connectivity index (χ0v) is 15.7. The average Bonchev–Trinajstić information content (AvgIpc) is 2.87. The molecule has 130 valence electrons. The molecule has 0 bridgehead atoms. The van der Waals surface area contributed by atoms with Crippen LogP contribution in [0, 0.1) is 26.7 Å². The summed E-state index contributed by atoms with van der Waals surface area (Å²) in [5.74, 6) is 0.417. The van der Waals surface area contributed by atoms with E-state index in [1.807, 2.05) is 12.1 Å². The Kier molecular flexibility index (Phi) is 4.67. The number of aromatic nitrogens is 2. The van der Waals surface area contributed by atoms with Crippen LogP contribution in [-0.2, 0) is 6.42 Å². The molecule has 1 aromatic heterocycles. The van der Waals surface area contributed by atoms with Crippen molar-refractivity contribution < 1.29 is 0 Å². The van der Waals surface area contributed by atoms with Crippen LogP contribution in [0.5, 0.6) is 0 Å². The number of aryl methyl sites for hydroxylation is 3. The highest BCUT2D eigenvalue weighted by Crippen LogP contribution is 2.24. The number of hydrogen-bond donors (Lipinski definition) is 1. The van der Waals surface area contributed by atoms with Gasteiger partial charge in [-0.3, -0.25) is 9.89 Å². The maximum atomic E-state index is 13.1. The Morgan fingerprint density at radius 2 is 1.76 bits per heavy atom. The third-order valence-corrected chi connectivity index (χ3v) is 4.65. The second-order valence-corrected chi connectivity index (χ2v) is 7.34. The first kappa shape index (κ1) is 17.3. The molecule has 0 radical (unpaired) electrons. The molecule has 0 saturated heterocycles. The number of aromatic amines is 1. The van der Waals surface area contributed by atoms with Gasteiger partial charge in [0, 0.05) is 11.1 Å². The molecule has 1 N–H and O–H groups in total. The van der Waals surface area contributed by atoms with E-state index >= 15 is 0 Å². The molecule has 25 heavy (non-hydrogen) atoms. The predicted molar refractivity (Wildman–Crippen MR) is 105 cm³/mol. The zero-order chi connectivity index (χ0) is 18.1. The number of benzene rings is 2. The molecule has 3 heteroatoms. The van der Waals surface area contributed by atoms with E-state index in [1.165, 1.54) is 16.7 Å². The van der Waals surface area contributed by atoms with Gasteiger partial charge < -0.3 is 0 Å². The number of hydrogen-bond acceptors (Lipinski definition) is 1. The molecule has 2 aromatic carbocycles. The minimum atomic E-state index is 0.0495. The van der Waals surface area contributed by atoms with Crippen LogP contribution in [0.4, 0.5) is 0 Å². The van der Waals surface area contributed by atoms with E-state index in [1.54, 1.807) is 4.68 Å². The quantitative estimate of drug-likeness (QED) is 0.720. The summed E-state index contributed by atoms with van der Waals surface area (Å²) in [7, 11) is 0. The van der Waals surface area contributed by atoms with Crippen LogP contribution in [-0.4, -0.2) is 9.78 Å². The van der Waals surface area contributed by atoms with Crippen LogP contribution in [0.1, 0.15) is 36.1 Å². The minimum Gasteiger partial charge on any atom is -0.290 e. The fraction of sp³-hybridized carbons (Fsp3) is 0.318. The SMILES string of the molecule is Cc1cccc(-c2[nH]n(-c3ccc(C)c(C)c3)c(=O)c2CC(C)C)c1. The Balaban J connectivity index is 2.21. The lowest BCUT2D eigenvalue weighted by Gasteiger charge is -2.06. The van der Waals surface area contributed by atoms with E-state index in [9.17, 15) is 4.79 Å². The van der Waals surface area contributed by atoms with Gasteiger partial charge in [0.15, 0.2) is 0 Å². The van der Waals surface area contributed by atoms with Gasteiger partial charge in [0.05, 0.1) is 11.4 Å². The third-order valence-electron chi connectivity index (χ3n) is 4.65. The molecule has 3 rings (SSSR count). The van der Waals surface area contributed by atoms with Gasteiger partial charge in [-0.25, -0.2) is 4.68 Å². The number of nitrogens with one attached hydrogen (secondary N) is 1. The number of H-pyrrole nitrogens is 1. The van der Waals surface area contributed by atoms with Crippen LogP contribution < -0.4 is 5.56 Å². The van der Waals surface area contributed by atoms with E-state index in [-0.39, 0.29) is 5.56 Å². The first-order valence-corrected chi connectivity index (χ1v) is 8.85. The van der Waals surface area contributed by atoms with E-state index in [4.69, 9.17) is 0 Å². The lowest BCUT2D eigenvalue weighted by molar-refractivity contribution is 0.644. The standard InChI is InChI=1S/C22H26N2O/c1-14(2)11-20-21(18-8-6-7-15(3)12-18)23-24(22(20)25)19-10-9-16(4)17(5)13-19/h6-10,12-14,23H,11H2,1-5H3. The van der Waals surface area contributed by atoms with Crippen LogP contribution in [0.3, 0.4) is 0 Å². The molecule has 0 spiro atoms. The highest BCUT2D eigenvalue weighted by Gasteiger charge is 2.18. The second kappa shape index (κ2) is 6.75. The third kappa shape index (κ3) is 3.46. The topological polar surface area (TPSA) is 37.8 Å². The number of rotatable bonds is 4. The summed E-state index contributed by atoms with van der Waals surface area (Å²) in [5.41, 5.74) is 7.39. The Morgan fingerprint density at radius 3 is 2.40 bits per heavy atom. The maximum Gasteiger partial charge on any atom is 0.275 e. The highest BCUT2D eigenvalue weighted by molar-refractivity contribution is 5.64. The molecule has 3 aromatic rings. The molecular formula is C22H26N2O. The molecule has 0 unspecified atom stereocenters. The lowest BCUT2D eigenvalue weighted by atomic mass is 9.99. The van der Waals surface area contributed by atoms with Gasteiger partial charge in [-0.05, 0) is 62.4 Å². The zero-order valence-electron chi connectivity index (χ0n) is 15.7. The second-order valence-electron chi connectivity index (χ2n) is 7.34. The fourth-order valence-electron chi connectivity index (χ4n) is 3.16. The Hall–Kier alpha value is -2.55. The highest BCUT2D eigenvalue weighted by atomic mass is 16.1. The van der Waals surface area contributed by atoms with Crippen molar-refractivity contribution in [2.45, 2.75) is 41.0 Å². The predicted octanol–water partition coefficient (Wildman–Crippen LogP) is 4.96. The summed E-state index contributed by atoms with van der Waals surface area (Å²) in [6, 6.07) is 14.4. The van der Waals surface area contributed by atoms with Crippen LogP contribution in [0.25, 0.3) is 16.9 Å². The molecule has 0 aliphatic carbocycles. The van der Waals surface area contributed by atoms with Gasteiger partial charge in [0.25, 0.3) is 5.56 Å². The maximum absolute atomic E-state index is 13.1. The molecule has 0 fully saturated rings. The van der Waals surface area contributed by atoms with Crippen molar-refractivity contribution in [3.63, 3.8) is 0 Å². The minimum absolute atomic E-state index is 0.0495. The molecule has 1 heterocycles. The smallest absolute Gasteiger partial charge is 0.275 e. The van der Waals surface area contributed by atoms with Crippen molar-refractivity contribution in [3.8, 4) is 16.9 Å². The Morgan fingerprint density at radius 1 is 1.00 bits per heavy atom. The van der Waals surface area contributed by atoms with Crippen molar-refractivity contribution in [2.24, 2.45) is 5.92 Å². The molecule has 3 nitrogen and oxygen atoms in total. The van der Waals surface area contributed by atoms with E-state index < -0.39 is 0 Å². The molecular weight excluding hydrogens is 308 g/mol. The van der Waals surface area contributed by atoms with Gasteiger partial charge in [-0.1, -0.05) is 43.7 Å². The van der Waals surface area contributed by atoms with Crippen molar-refractivity contribution in [1.82, 2.24) is 9.78 Å². The summed E-state index contributed by atoms with van der Waals surface area (Å²) in [5, 5.41) is 3.37. The van der Waals surface area contributed by atoms with E-state index in [0.717, 1.165) is 28.9 Å². The summed E-state index contributed by atoms with van der Waals surface area (Å²) in [4.78, 5) is 13.1. The first-order chi connectivity index (χ1) is 11.9. The van der Waals surface area contributed by atoms with Gasteiger partial charge in [0.2, 0.25) is 0 Å². The van der Waals surface area contributed by atoms with Gasteiger partial charge in [0.1, 0.15) is 0 Å². The van der Waals surface area contributed by atoms with E-state index in [0.29, 0.717) is 5.92 Å². The summed E-state index contributed by atoms with van der Waals surface area (Å²) in [6.07, 6.45) is 0.760. The van der Waals surface area contributed by atoms with Gasteiger partial charge >= 0.3 is 0 Å². The molecule has 0 amide bonds. The molecule has 0 atom stereocenters. The van der Waals surface area contributed by atoms with Crippen molar-refractivity contribution in [3.05, 3.63) is 75.1 Å². The van der Waals surface area contributed by atoms with E-state index in [2.05, 4.69) is 70.0 Å². The van der Waals surface area contributed by atoms with Crippen molar-refractivity contribution >= 4 is 0 Å². The molecule has 0 saturated carbocycles. The first-order valence-electron chi connectivity index (χ1n) is 8.85. The summed E-state index contributed by atoms with van der Waals surface area (Å²) in [6.45, 7) is 10.5. The van der Waals surface area contributed by atoms with Gasteiger partial charge in [-0.2, -0.15) is 0 Å².